The molecule has 3 rings (SSSR count). The monoisotopic (exact) mass is 243 g/mol. The lowest BCUT2D eigenvalue weighted by molar-refractivity contribution is -0.123. The van der Waals surface area contributed by atoms with Crippen LogP contribution in [0.3, 0.4) is 0 Å². The first-order chi connectivity index (χ1) is 8.74. The van der Waals surface area contributed by atoms with E-state index in [2.05, 4.69) is 10.3 Å². The number of para-hydroxylation sites is 1. The van der Waals surface area contributed by atoms with Gasteiger partial charge >= 0.3 is 0 Å². The molecule has 5 nitrogen and oxygen atoms in total. The van der Waals surface area contributed by atoms with Crippen LogP contribution < -0.4 is 5.32 Å². The number of benzene rings is 1. The average molecular weight is 243 g/mol. The van der Waals surface area contributed by atoms with Gasteiger partial charge in [0.25, 0.3) is 5.91 Å². The highest BCUT2D eigenvalue weighted by Gasteiger charge is 2.23. The lowest BCUT2D eigenvalue weighted by Gasteiger charge is -2.26. The Morgan fingerprint density at radius 3 is 2.89 bits per heavy atom. The summed E-state index contributed by atoms with van der Waals surface area (Å²) in [5.74, 6) is -0.230. The van der Waals surface area contributed by atoms with E-state index in [1.54, 1.807) is 4.90 Å². The van der Waals surface area contributed by atoms with Crippen LogP contribution in [0.2, 0.25) is 0 Å². The van der Waals surface area contributed by atoms with Gasteiger partial charge in [-0.1, -0.05) is 18.2 Å². The van der Waals surface area contributed by atoms with Crippen LogP contribution in [0.25, 0.3) is 10.9 Å². The Bertz CT molecular complexity index is 584. The normalized spacial score (nSPS) is 15.8. The number of carbonyl (C=O) groups excluding carboxylic acids is 2. The molecule has 1 aliphatic rings. The quantitative estimate of drug-likeness (QED) is 0.776. The minimum absolute atomic E-state index is 0.106. The van der Waals surface area contributed by atoms with Crippen molar-refractivity contribution in [1.82, 2.24) is 15.2 Å². The van der Waals surface area contributed by atoms with Crippen molar-refractivity contribution in [3.8, 4) is 0 Å². The van der Waals surface area contributed by atoms with Crippen LogP contribution in [0.5, 0.6) is 0 Å². The highest BCUT2D eigenvalue weighted by atomic mass is 16.2. The van der Waals surface area contributed by atoms with Gasteiger partial charge in [-0.25, -0.2) is 0 Å². The second-order valence-electron chi connectivity index (χ2n) is 4.35. The average Bonchev–Trinajstić information content (AvgIpc) is 2.81. The van der Waals surface area contributed by atoms with Gasteiger partial charge in [0.1, 0.15) is 5.69 Å². The predicted octanol–water partition coefficient (Wildman–Crippen LogP) is 0.740. The zero-order valence-corrected chi connectivity index (χ0v) is 9.77. The summed E-state index contributed by atoms with van der Waals surface area (Å²) >= 11 is 0. The minimum atomic E-state index is -0.124. The molecule has 18 heavy (non-hydrogen) atoms. The summed E-state index contributed by atoms with van der Waals surface area (Å²) in [5, 5.41) is 3.70. The number of nitrogens with zero attached hydrogens (tertiary/aromatic N) is 1. The number of piperazine rings is 1. The first-order valence-electron chi connectivity index (χ1n) is 5.88. The number of fused-ring (bicyclic) bond motifs is 1. The molecule has 0 radical (unpaired) electrons. The molecule has 5 heteroatoms. The summed E-state index contributed by atoms with van der Waals surface area (Å²) in [6, 6.07) is 9.55. The van der Waals surface area contributed by atoms with E-state index in [-0.39, 0.29) is 18.4 Å². The van der Waals surface area contributed by atoms with Crippen molar-refractivity contribution in [2.24, 2.45) is 0 Å². The Hall–Kier alpha value is -2.30. The summed E-state index contributed by atoms with van der Waals surface area (Å²) in [4.78, 5) is 28.1. The van der Waals surface area contributed by atoms with E-state index in [9.17, 15) is 9.59 Å². The molecule has 2 amide bonds. The fourth-order valence-electron chi connectivity index (χ4n) is 2.17. The molecule has 0 bridgehead atoms. The second-order valence-corrected chi connectivity index (χ2v) is 4.35. The van der Waals surface area contributed by atoms with Gasteiger partial charge in [0, 0.05) is 24.0 Å². The Morgan fingerprint density at radius 2 is 2.11 bits per heavy atom. The van der Waals surface area contributed by atoms with Crippen LogP contribution in [0, 0.1) is 0 Å². The Labute approximate surface area is 104 Å². The number of hydrogen-bond acceptors (Lipinski definition) is 2. The van der Waals surface area contributed by atoms with Crippen LogP contribution in [-0.4, -0.2) is 41.3 Å². The first kappa shape index (κ1) is 10.8. The van der Waals surface area contributed by atoms with Gasteiger partial charge in [-0.15, -0.1) is 0 Å². The molecule has 2 N–H and O–H groups in total. The maximum absolute atomic E-state index is 12.2. The van der Waals surface area contributed by atoms with Gasteiger partial charge in [0.2, 0.25) is 5.91 Å². The summed E-state index contributed by atoms with van der Waals surface area (Å²) in [6.07, 6.45) is 0. The van der Waals surface area contributed by atoms with Crippen LogP contribution in [0.15, 0.2) is 30.3 Å². The molecular weight excluding hydrogens is 230 g/mol. The molecule has 0 spiro atoms. The zero-order chi connectivity index (χ0) is 12.5. The van der Waals surface area contributed by atoms with Crippen molar-refractivity contribution in [3.63, 3.8) is 0 Å². The van der Waals surface area contributed by atoms with Gasteiger partial charge < -0.3 is 15.2 Å². The number of carbonyl (C=O) groups is 2. The molecule has 1 aromatic carbocycles. The molecule has 2 heterocycles. The molecule has 1 aliphatic heterocycles. The van der Waals surface area contributed by atoms with Crippen molar-refractivity contribution in [3.05, 3.63) is 36.0 Å². The first-order valence-corrected chi connectivity index (χ1v) is 5.88. The van der Waals surface area contributed by atoms with Crippen LogP contribution >= 0.6 is 0 Å². The highest BCUT2D eigenvalue weighted by molar-refractivity contribution is 5.99. The zero-order valence-electron chi connectivity index (χ0n) is 9.77. The van der Waals surface area contributed by atoms with E-state index in [1.807, 2.05) is 30.3 Å². The second kappa shape index (κ2) is 4.18. The Kier molecular flexibility index (Phi) is 2.51. The summed E-state index contributed by atoms with van der Waals surface area (Å²) in [6.45, 7) is 1.21. The fourth-order valence-corrected chi connectivity index (χ4v) is 2.17. The number of amides is 2. The largest absolute Gasteiger partial charge is 0.353 e. The fraction of sp³-hybridized carbons (Fsp3) is 0.231. The van der Waals surface area contributed by atoms with Crippen molar-refractivity contribution in [1.29, 1.82) is 0 Å². The van der Waals surface area contributed by atoms with Crippen LogP contribution in [0.1, 0.15) is 10.5 Å². The number of aromatic nitrogens is 1. The number of rotatable bonds is 1. The van der Waals surface area contributed by atoms with E-state index < -0.39 is 0 Å². The molecule has 0 atom stereocenters. The molecule has 1 saturated heterocycles. The van der Waals surface area contributed by atoms with E-state index >= 15 is 0 Å². The molecular formula is C13H13N3O2. The third-order valence-electron chi connectivity index (χ3n) is 3.09. The van der Waals surface area contributed by atoms with Crippen LogP contribution in [0.4, 0.5) is 0 Å². The van der Waals surface area contributed by atoms with Crippen molar-refractivity contribution in [2.75, 3.05) is 19.6 Å². The smallest absolute Gasteiger partial charge is 0.270 e. The lowest BCUT2D eigenvalue weighted by Crippen LogP contribution is -2.50. The Morgan fingerprint density at radius 1 is 1.28 bits per heavy atom. The number of aromatic amines is 1. The van der Waals surface area contributed by atoms with E-state index in [1.165, 1.54) is 0 Å². The molecule has 0 saturated carbocycles. The topological polar surface area (TPSA) is 65.2 Å². The van der Waals surface area contributed by atoms with E-state index in [0.29, 0.717) is 18.8 Å². The van der Waals surface area contributed by atoms with Gasteiger partial charge in [-0.3, -0.25) is 9.59 Å². The molecule has 0 unspecified atom stereocenters. The molecule has 1 aromatic heterocycles. The maximum Gasteiger partial charge on any atom is 0.270 e. The molecule has 0 aliphatic carbocycles. The Balaban J connectivity index is 1.89. The SMILES string of the molecule is O=C1CN(C(=O)c2cc3ccccc3[nH]2)CCN1. The van der Waals surface area contributed by atoms with Crippen molar-refractivity contribution >= 4 is 22.7 Å². The molecule has 1 fully saturated rings. The number of hydrogen-bond donors (Lipinski definition) is 2. The third-order valence-corrected chi connectivity index (χ3v) is 3.09. The summed E-state index contributed by atoms with van der Waals surface area (Å²) in [7, 11) is 0. The number of nitrogens with one attached hydrogen (secondary N) is 2. The van der Waals surface area contributed by atoms with Crippen LogP contribution in [-0.2, 0) is 4.79 Å². The molecule has 92 valence electrons. The van der Waals surface area contributed by atoms with E-state index in [0.717, 1.165) is 10.9 Å². The minimum Gasteiger partial charge on any atom is -0.353 e. The predicted molar refractivity (Wildman–Crippen MR) is 67.2 cm³/mol. The number of H-pyrrole nitrogens is 1. The van der Waals surface area contributed by atoms with Gasteiger partial charge in [0.05, 0.1) is 6.54 Å². The third kappa shape index (κ3) is 1.84. The van der Waals surface area contributed by atoms with Crippen molar-refractivity contribution in [2.45, 2.75) is 0 Å². The van der Waals surface area contributed by atoms with Crippen molar-refractivity contribution < 1.29 is 9.59 Å². The van der Waals surface area contributed by atoms with Gasteiger partial charge in [-0.05, 0) is 12.1 Å². The summed E-state index contributed by atoms with van der Waals surface area (Å²) in [5.41, 5.74) is 1.47. The summed E-state index contributed by atoms with van der Waals surface area (Å²) < 4.78 is 0. The highest BCUT2D eigenvalue weighted by Crippen LogP contribution is 2.16. The van der Waals surface area contributed by atoms with E-state index in [4.69, 9.17) is 0 Å². The maximum atomic E-state index is 12.2. The van der Waals surface area contributed by atoms with Gasteiger partial charge in [-0.2, -0.15) is 0 Å². The molecule has 2 aromatic rings. The standard InChI is InChI=1S/C13H13N3O2/c17-12-8-16(6-5-14-12)13(18)11-7-9-3-1-2-4-10(9)15-11/h1-4,7,15H,5-6,8H2,(H,14,17). The van der Waals surface area contributed by atoms with Gasteiger partial charge in [0.15, 0.2) is 0 Å². The lowest BCUT2D eigenvalue weighted by atomic mass is 10.2.